The minimum atomic E-state index is -0.964. The summed E-state index contributed by atoms with van der Waals surface area (Å²) in [5, 5.41) is 5.80. The lowest BCUT2D eigenvalue weighted by Gasteiger charge is -2.35. The Kier molecular flexibility index (Phi) is 11.1. The lowest BCUT2D eigenvalue weighted by atomic mass is 9.93. The summed E-state index contributed by atoms with van der Waals surface area (Å²) >= 11 is 0. The number of alkyl carbamates (subject to hydrolysis) is 1. The third-order valence-electron chi connectivity index (χ3n) is 6.75. The smallest absolute Gasteiger partial charge is 0.408 e. The number of nitrogens with zero attached hydrogens (tertiary/aromatic N) is 1. The van der Waals surface area contributed by atoms with Crippen LogP contribution in [-0.4, -0.2) is 48.1 Å². The second kappa shape index (κ2) is 14.5. The summed E-state index contributed by atoms with van der Waals surface area (Å²) in [5.41, 5.74) is 3.23. The van der Waals surface area contributed by atoms with Crippen LogP contribution in [0.4, 0.5) is 10.5 Å². The van der Waals surface area contributed by atoms with Crippen molar-refractivity contribution in [2.45, 2.75) is 72.1 Å². The Morgan fingerprint density at radius 1 is 0.881 bits per heavy atom. The molecular formula is C34H43N3O5. The molecule has 0 aliphatic rings. The molecule has 0 bridgehead atoms. The van der Waals surface area contributed by atoms with E-state index in [1.807, 2.05) is 69.3 Å². The zero-order valence-corrected chi connectivity index (χ0v) is 25.7. The van der Waals surface area contributed by atoms with Crippen molar-refractivity contribution < 1.29 is 23.9 Å². The highest BCUT2D eigenvalue weighted by Crippen LogP contribution is 2.30. The fourth-order valence-corrected chi connectivity index (χ4v) is 4.88. The SMILES string of the molecule is CCCN(C(=O)C(Cc1ccccc1)NC(=O)OC(C)(C)C)C(C(=O)Nc1ccc(OC)cc1)c1c(C)cccc1C. The summed E-state index contributed by atoms with van der Waals surface area (Å²) in [6.45, 7) is 11.4. The maximum absolute atomic E-state index is 14.5. The lowest BCUT2D eigenvalue weighted by molar-refractivity contribution is -0.140. The van der Waals surface area contributed by atoms with Crippen molar-refractivity contribution >= 4 is 23.6 Å². The second-order valence-electron chi connectivity index (χ2n) is 11.3. The number of benzene rings is 3. The number of rotatable bonds is 11. The van der Waals surface area contributed by atoms with Crippen molar-refractivity contribution in [3.05, 3.63) is 95.1 Å². The molecule has 3 rings (SSSR count). The maximum atomic E-state index is 14.5. The first-order valence-corrected chi connectivity index (χ1v) is 14.3. The quantitative estimate of drug-likeness (QED) is 0.278. The van der Waals surface area contributed by atoms with Crippen LogP contribution in [0.2, 0.25) is 0 Å². The molecule has 0 aliphatic heterocycles. The average Bonchev–Trinajstić information content (AvgIpc) is 2.93. The first kappa shape index (κ1) is 32.2. The van der Waals surface area contributed by atoms with Crippen LogP contribution >= 0.6 is 0 Å². The molecule has 42 heavy (non-hydrogen) atoms. The third kappa shape index (κ3) is 8.83. The van der Waals surface area contributed by atoms with E-state index in [9.17, 15) is 14.4 Å². The summed E-state index contributed by atoms with van der Waals surface area (Å²) in [4.78, 5) is 43.1. The van der Waals surface area contributed by atoms with Gasteiger partial charge < -0.3 is 25.0 Å². The minimum absolute atomic E-state index is 0.235. The molecule has 0 aliphatic carbocycles. The van der Waals surface area contributed by atoms with Crippen molar-refractivity contribution in [3.63, 3.8) is 0 Å². The Morgan fingerprint density at radius 3 is 2.05 bits per heavy atom. The molecule has 2 atom stereocenters. The van der Waals surface area contributed by atoms with Gasteiger partial charge in [-0.05, 0) is 87.6 Å². The third-order valence-corrected chi connectivity index (χ3v) is 6.75. The number of carbonyl (C=O) groups excluding carboxylic acids is 3. The topological polar surface area (TPSA) is 97.0 Å². The Labute approximate surface area is 249 Å². The average molecular weight is 574 g/mol. The highest BCUT2D eigenvalue weighted by Gasteiger charge is 2.37. The number of nitrogens with one attached hydrogen (secondary N) is 2. The fourth-order valence-electron chi connectivity index (χ4n) is 4.88. The number of hydrogen-bond donors (Lipinski definition) is 2. The van der Waals surface area contributed by atoms with Gasteiger partial charge in [-0.2, -0.15) is 0 Å². The van der Waals surface area contributed by atoms with Gasteiger partial charge in [0.15, 0.2) is 0 Å². The van der Waals surface area contributed by atoms with Crippen LogP contribution in [0.3, 0.4) is 0 Å². The molecule has 3 amide bonds. The molecule has 3 aromatic carbocycles. The van der Waals surface area contributed by atoms with Gasteiger partial charge in [0.1, 0.15) is 23.4 Å². The van der Waals surface area contributed by atoms with Crippen molar-refractivity contribution in [3.8, 4) is 5.75 Å². The first-order valence-electron chi connectivity index (χ1n) is 14.3. The van der Waals surface area contributed by atoms with Gasteiger partial charge in [0.25, 0.3) is 5.91 Å². The number of anilines is 1. The van der Waals surface area contributed by atoms with E-state index in [4.69, 9.17) is 9.47 Å². The Morgan fingerprint density at radius 2 is 1.50 bits per heavy atom. The van der Waals surface area contributed by atoms with Crippen LogP contribution in [0.5, 0.6) is 5.75 Å². The van der Waals surface area contributed by atoms with Crippen LogP contribution in [-0.2, 0) is 20.7 Å². The van der Waals surface area contributed by atoms with Crippen LogP contribution in [0.1, 0.15) is 62.4 Å². The summed E-state index contributed by atoms with van der Waals surface area (Å²) < 4.78 is 10.8. The Hall–Kier alpha value is -4.33. The standard InChI is InChI=1S/C34H43N3O5/c1-8-21-37(32(39)28(22-25-15-10-9-11-16-25)36-33(40)42-34(4,5)6)30(29-23(2)13-12-14-24(29)3)31(38)35-26-17-19-27(41-7)20-18-26/h9-20,28,30H,8,21-22H2,1-7H3,(H,35,38)(H,36,40). The summed E-state index contributed by atoms with van der Waals surface area (Å²) in [5.74, 6) is -0.0572. The van der Waals surface area contributed by atoms with Gasteiger partial charge in [0.05, 0.1) is 7.11 Å². The van der Waals surface area contributed by atoms with Crippen LogP contribution in [0.15, 0.2) is 72.8 Å². The predicted molar refractivity (Wildman–Crippen MR) is 166 cm³/mol. The zero-order chi connectivity index (χ0) is 30.9. The summed E-state index contributed by atoms with van der Waals surface area (Å²) in [6.07, 6.45) is 0.145. The van der Waals surface area contributed by atoms with Crippen molar-refractivity contribution in [1.29, 1.82) is 0 Å². The van der Waals surface area contributed by atoms with Crippen LogP contribution in [0, 0.1) is 13.8 Å². The van der Waals surface area contributed by atoms with Gasteiger partial charge in [0, 0.05) is 18.7 Å². The van der Waals surface area contributed by atoms with Gasteiger partial charge >= 0.3 is 6.09 Å². The number of hydrogen-bond acceptors (Lipinski definition) is 5. The van der Waals surface area contributed by atoms with E-state index in [1.54, 1.807) is 57.0 Å². The minimum Gasteiger partial charge on any atom is -0.497 e. The van der Waals surface area contributed by atoms with E-state index in [2.05, 4.69) is 10.6 Å². The molecule has 2 unspecified atom stereocenters. The number of ether oxygens (including phenoxy) is 2. The molecule has 8 heteroatoms. The van der Waals surface area contributed by atoms with E-state index in [-0.39, 0.29) is 18.2 Å². The predicted octanol–water partition coefficient (Wildman–Crippen LogP) is 6.37. The monoisotopic (exact) mass is 573 g/mol. The zero-order valence-electron chi connectivity index (χ0n) is 25.7. The van der Waals surface area contributed by atoms with E-state index in [1.165, 1.54) is 0 Å². The Balaban J connectivity index is 2.07. The normalized spacial score (nSPS) is 12.5. The maximum Gasteiger partial charge on any atom is 0.408 e. The summed E-state index contributed by atoms with van der Waals surface area (Å²) in [7, 11) is 1.58. The highest BCUT2D eigenvalue weighted by molar-refractivity contribution is 5.99. The lowest BCUT2D eigenvalue weighted by Crippen LogP contribution is -2.53. The molecule has 0 aromatic heterocycles. The molecule has 2 N–H and O–H groups in total. The van der Waals surface area contributed by atoms with Crippen LogP contribution in [0.25, 0.3) is 0 Å². The van der Waals surface area contributed by atoms with Gasteiger partial charge in [-0.1, -0.05) is 55.5 Å². The fraction of sp³-hybridized carbons (Fsp3) is 0.382. The molecule has 8 nitrogen and oxygen atoms in total. The van der Waals surface area contributed by atoms with Crippen LogP contribution < -0.4 is 15.4 Å². The van der Waals surface area contributed by atoms with Gasteiger partial charge in [-0.15, -0.1) is 0 Å². The molecule has 0 saturated heterocycles. The summed E-state index contributed by atoms with van der Waals surface area (Å²) in [6, 6.07) is 20.4. The van der Waals surface area contributed by atoms with Gasteiger partial charge in [0.2, 0.25) is 5.91 Å². The molecule has 0 fully saturated rings. The number of aryl methyl sites for hydroxylation is 2. The van der Waals surface area contributed by atoms with Crippen molar-refractivity contribution in [1.82, 2.24) is 10.2 Å². The molecule has 0 heterocycles. The second-order valence-corrected chi connectivity index (χ2v) is 11.3. The van der Waals surface area contributed by atoms with E-state index >= 15 is 0 Å². The number of amides is 3. The van der Waals surface area contributed by atoms with E-state index in [0.29, 0.717) is 24.4 Å². The molecule has 224 valence electrons. The number of carbonyl (C=O) groups is 3. The van der Waals surface area contributed by atoms with Crippen molar-refractivity contribution in [2.24, 2.45) is 0 Å². The molecule has 0 saturated carbocycles. The van der Waals surface area contributed by atoms with Crippen molar-refractivity contribution in [2.75, 3.05) is 19.0 Å². The van der Waals surface area contributed by atoms with E-state index < -0.39 is 23.8 Å². The molecule has 0 spiro atoms. The molecular weight excluding hydrogens is 530 g/mol. The molecule has 3 aromatic rings. The number of methoxy groups -OCH3 is 1. The Bertz CT molecular complexity index is 1330. The molecule has 0 radical (unpaired) electrons. The largest absolute Gasteiger partial charge is 0.497 e. The van der Waals surface area contributed by atoms with Gasteiger partial charge in [-0.3, -0.25) is 9.59 Å². The first-order chi connectivity index (χ1) is 19.9. The van der Waals surface area contributed by atoms with Gasteiger partial charge in [-0.25, -0.2) is 4.79 Å². The highest BCUT2D eigenvalue weighted by atomic mass is 16.6. The van der Waals surface area contributed by atoms with E-state index in [0.717, 1.165) is 22.3 Å².